The van der Waals surface area contributed by atoms with Gasteiger partial charge in [0.2, 0.25) is 0 Å². The lowest BCUT2D eigenvalue weighted by atomic mass is 10.0. The Labute approximate surface area is 152 Å². The molecule has 3 rings (SSSR count). The van der Waals surface area contributed by atoms with E-state index in [2.05, 4.69) is 36.2 Å². The molecule has 0 saturated carbocycles. The van der Waals surface area contributed by atoms with Crippen molar-refractivity contribution in [2.75, 3.05) is 0 Å². The molecule has 1 heterocycles. The van der Waals surface area contributed by atoms with Crippen LogP contribution in [0.25, 0.3) is 21.0 Å². The highest BCUT2D eigenvalue weighted by molar-refractivity contribution is 7.18. The second kappa shape index (κ2) is 8.26. The van der Waals surface area contributed by atoms with Crippen molar-refractivity contribution in [3.05, 3.63) is 60.0 Å². The number of nitrogens with zero attached hydrogens (tertiary/aromatic N) is 1. The van der Waals surface area contributed by atoms with Crippen molar-refractivity contribution in [3.8, 4) is 26.8 Å². The minimum atomic E-state index is -0.433. The number of hydrogen-bond donors (Lipinski definition) is 1. The van der Waals surface area contributed by atoms with Gasteiger partial charge in [-0.25, -0.2) is 9.37 Å². The smallest absolute Gasteiger partial charge is 0.135 e. The summed E-state index contributed by atoms with van der Waals surface area (Å²) in [6.07, 6.45) is 7.87. The maximum Gasteiger partial charge on any atom is 0.135 e. The van der Waals surface area contributed by atoms with E-state index >= 15 is 0 Å². The summed E-state index contributed by atoms with van der Waals surface area (Å²) >= 11 is 1.46. The van der Waals surface area contributed by atoms with Crippen LogP contribution in [0.3, 0.4) is 0 Å². The lowest BCUT2D eigenvalue weighted by Crippen LogP contribution is -1.86. The van der Waals surface area contributed by atoms with Crippen molar-refractivity contribution in [1.29, 1.82) is 0 Å². The predicted octanol–water partition coefficient (Wildman–Crippen LogP) is 6.44. The highest BCUT2D eigenvalue weighted by Crippen LogP contribution is 2.34. The van der Waals surface area contributed by atoms with Crippen molar-refractivity contribution >= 4 is 11.3 Å². The molecule has 2 nitrogen and oxygen atoms in total. The van der Waals surface area contributed by atoms with Crippen LogP contribution in [0.4, 0.5) is 4.39 Å². The maximum atomic E-state index is 14.0. The molecule has 0 aliphatic rings. The molecule has 0 bridgehead atoms. The van der Waals surface area contributed by atoms with E-state index in [0.29, 0.717) is 5.56 Å². The molecule has 0 aliphatic carbocycles. The predicted molar refractivity (Wildman–Crippen MR) is 102 cm³/mol. The largest absolute Gasteiger partial charge is 0.508 e. The molecule has 0 spiro atoms. The number of rotatable bonds is 7. The van der Waals surface area contributed by atoms with E-state index in [0.717, 1.165) is 27.9 Å². The van der Waals surface area contributed by atoms with Crippen LogP contribution < -0.4 is 0 Å². The van der Waals surface area contributed by atoms with Crippen molar-refractivity contribution in [2.24, 2.45) is 0 Å². The standard InChI is InChI=1S/C21H22FNOS/c1-2-3-4-5-6-15-7-9-16(10-8-15)21-23-14-20(25-21)18-12-11-17(24)13-19(18)22/h7-14,24H,2-6H2,1H3. The second-order valence-corrected chi connectivity index (χ2v) is 7.23. The summed E-state index contributed by atoms with van der Waals surface area (Å²) in [7, 11) is 0. The number of hydrogen-bond acceptors (Lipinski definition) is 3. The van der Waals surface area contributed by atoms with Crippen LogP contribution in [-0.4, -0.2) is 10.1 Å². The highest BCUT2D eigenvalue weighted by atomic mass is 32.1. The second-order valence-electron chi connectivity index (χ2n) is 6.20. The van der Waals surface area contributed by atoms with Gasteiger partial charge in [-0.05, 0) is 30.5 Å². The van der Waals surface area contributed by atoms with Crippen molar-refractivity contribution in [3.63, 3.8) is 0 Å². The molecule has 0 saturated heterocycles. The minimum absolute atomic E-state index is 0.0690. The molecule has 0 radical (unpaired) electrons. The van der Waals surface area contributed by atoms with Crippen molar-refractivity contribution < 1.29 is 9.50 Å². The Kier molecular flexibility index (Phi) is 5.82. The number of benzene rings is 2. The first-order valence-corrected chi connectivity index (χ1v) is 9.53. The molecule has 0 atom stereocenters. The van der Waals surface area contributed by atoms with E-state index < -0.39 is 5.82 Å². The number of unbranched alkanes of at least 4 members (excludes halogenated alkanes) is 3. The normalized spacial score (nSPS) is 11.0. The fourth-order valence-electron chi connectivity index (χ4n) is 2.81. The van der Waals surface area contributed by atoms with Crippen molar-refractivity contribution in [1.82, 2.24) is 4.98 Å². The van der Waals surface area contributed by atoms with Gasteiger partial charge in [-0.3, -0.25) is 0 Å². The number of aryl methyl sites for hydroxylation is 1. The van der Waals surface area contributed by atoms with Gasteiger partial charge < -0.3 is 5.11 Å². The van der Waals surface area contributed by atoms with Gasteiger partial charge >= 0.3 is 0 Å². The number of phenols is 1. The Morgan fingerprint density at radius 3 is 2.56 bits per heavy atom. The molecule has 0 unspecified atom stereocenters. The van der Waals surface area contributed by atoms with Crippen LogP contribution >= 0.6 is 11.3 Å². The topological polar surface area (TPSA) is 33.1 Å². The molecule has 1 aromatic heterocycles. The summed E-state index contributed by atoms with van der Waals surface area (Å²) in [4.78, 5) is 5.19. The summed E-state index contributed by atoms with van der Waals surface area (Å²) < 4.78 is 14.0. The minimum Gasteiger partial charge on any atom is -0.508 e. The third kappa shape index (κ3) is 4.45. The van der Waals surface area contributed by atoms with E-state index in [1.54, 1.807) is 12.3 Å². The Bertz CT molecular complexity index is 826. The Balaban J connectivity index is 1.71. The van der Waals surface area contributed by atoms with Gasteiger partial charge in [0.05, 0.1) is 4.88 Å². The lowest BCUT2D eigenvalue weighted by Gasteiger charge is -2.03. The van der Waals surface area contributed by atoms with E-state index in [9.17, 15) is 9.50 Å². The first kappa shape index (κ1) is 17.6. The van der Waals surface area contributed by atoms with Crippen molar-refractivity contribution in [2.45, 2.75) is 39.0 Å². The summed E-state index contributed by atoms with van der Waals surface area (Å²) in [6, 6.07) is 12.7. The highest BCUT2D eigenvalue weighted by Gasteiger charge is 2.11. The third-order valence-electron chi connectivity index (χ3n) is 4.24. The molecule has 1 N–H and O–H groups in total. The number of thiazole rings is 1. The first-order chi connectivity index (χ1) is 12.2. The number of aromatic nitrogens is 1. The molecule has 25 heavy (non-hydrogen) atoms. The molecule has 2 aromatic carbocycles. The maximum absolute atomic E-state index is 14.0. The quantitative estimate of drug-likeness (QED) is 0.494. The van der Waals surface area contributed by atoms with Crippen LogP contribution in [0.1, 0.15) is 38.2 Å². The first-order valence-electron chi connectivity index (χ1n) is 8.71. The number of halogens is 1. The van der Waals surface area contributed by atoms with Gasteiger partial charge in [0.15, 0.2) is 0 Å². The Morgan fingerprint density at radius 1 is 1.04 bits per heavy atom. The van der Waals surface area contributed by atoms with Crippen LogP contribution in [0.5, 0.6) is 5.75 Å². The fraction of sp³-hybridized carbons (Fsp3) is 0.286. The molecule has 130 valence electrons. The lowest BCUT2D eigenvalue weighted by molar-refractivity contribution is 0.469. The summed E-state index contributed by atoms with van der Waals surface area (Å²) in [5.41, 5.74) is 2.86. The van der Waals surface area contributed by atoms with Crippen LogP contribution in [0.15, 0.2) is 48.7 Å². The molecule has 0 aliphatic heterocycles. The zero-order valence-electron chi connectivity index (χ0n) is 14.3. The number of aromatic hydroxyl groups is 1. The average Bonchev–Trinajstić information content (AvgIpc) is 3.09. The molecule has 4 heteroatoms. The molecule has 3 aromatic rings. The van der Waals surface area contributed by atoms with Gasteiger partial charge in [0, 0.05) is 23.4 Å². The Morgan fingerprint density at radius 2 is 1.84 bits per heavy atom. The molecule has 0 fully saturated rings. The van der Waals surface area contributed by atoms with Crippen LogP contribution in [0, 0.1) is 5.82 Å². The number of phenolic OH excluding ortho intramolecular Hbond substituents is 1. The van der Waals surface area contributed by atoms with Gasteiger partial charge in [-0.2, -0.15) is 0 Å². The SMILES string of the molecule is CCCCCCc1ccc(-c2ncc(-c3ccc(O)cc3F)s2)cc1. The fourth-order valence-corrected chi connectivity index (χ4v) is 3.75. The average molecular weight is 355 g/mol. The zero-order valence-corrected chi connectivity index (χ0v) is 15.2. The van der Waals surface area contributed by atoms with Gasteiger partial charge in [0.25, 0.3) is 0 Å². The summed E-state index contributed by atoms with van der Waals surface area (Å²) in [5, 5.41) is 10.2. The van der Waals surface area contributed by atoms with Crippen LogP contribution in [0.2, 0.25) is 0 Å². The zero-order chi connectivity index (χ0) is 17.6. The molecule has 0 amide bonds. The molecular formula is C21H22FNOS. The summed E-state index contributed by atoms with van der Waals surface area (Å²) in [6.45, 7) is 2.22. The van der Waals surface area contributed by atoms with E-state index in [-0.39, 0.29) is 5.75 Å². The van der Waals surface area contributed by atoms with E-state index in [1.807, 2.05) is 0 Å². The van der Waals surface area contributed by atoms with Gasteiger partial charge in [0.1, 0.15) is 16.6 Å². The monoisotopic (exact) mass is 355 g/mol. The summed E-state index contributed by atoms with van der Waals surface area (Å²) in [5.74, 6) is -0.502. The van der Waals surface area contributed by atoms with Gasteiger partial charge in [-0.1, -0.05) is 50.5 Å². The van der Waals surface area contributed by atoms with E-state index in [1.165, 1.54) is 48.6 Å². The van der Waals surface area contributed by atoms with E-state index in [4.69, 9.17) is 0 Å². The Hall–Kier alpha value is -2.20. The third-order valence-corrected chi connectivity index (χ3v) is 5.32. The van der Waals surface area contributed by atoms with Gasteiger partial charge in [-0.15, -0.1) is 11.3 Å². The van der Waals surface area contributed by atoms with Crippen LogP contribution in [-0.2, 0) is 6.42 Å². The molecular weight excluding hydrogens is 333 g/mol.